The summed E-state index contributed by atoms with van der Waals surface area (Å²) in [6.07, 6.45) is 0. The summed E-state index contributed by atoms with van der Waals surface area (Å²) in [6.45, 7) is 0. The van der Waals surface area contributed by atoms with Gasteiger partial charge >= 0.3 is 5.97 Å². The molecule has 0 bridgehead atoms. The zero-order valence-corrected chi connectivity index (χ0v) is 7.02. The van der Waals surface area contributed by atoms with Gasteiger partial charge in [-0.2, -0.15) is 5.26 Å². The van der Waals surface area contributed by atoms with Crippen LogP contribution in [0.25, 0.3) is 11.0 Å². The van der Waals surface area contributed by atoms with E-state index in [4.69, 9.17) is 14.8 Å². The molecule has 0 amide bonds. The summed E-state index contributed by atoms with van der Waals surface area (Å²) in [6, 6.07) is 8.09. The molecular weight excluding hydrogens is 182 g/mol. The highest BCUT2D eigenvalue weighted by atomic mass is 16.4. The zero-order valence-electron chi connectivity index (χ0n) is 7.02. The molecule has 0 aliphatic carbocycles. The number of nitriles is 1. The molecule has 1 aromatic carbocycles. The van der Waals surface area contributed by atoms with Crippen LogP contribution in [-0.2, 0) is 0 Å². The fraction of sp³-hybridized carbons (Fsp3) is 0. The number of aromatic carboxylic acids is 1. The maximum atomic E-state index is 10.8. The van der Waals surface area contributed by atoms with E-state index in [1.54, 1.807) is 12.1 Å². The van der Waals surface area contributed by atoms with Gasteiger partial charge < -0.3 is 9.52 Å². The molecule has 0 unspecified atom stereocenters. The third-order valence-corrected chi connectivity index (χ3v) is 1.88. The van der Waals surface area contributed by atoms with Crippen molar-refractivity contribution < 1.29 is 14.3 Å². The van der Waals surface area contributed by atoms with Gasteiger partial charge in [-0.05, 0) is 6.07 Å². The first-order valence-electron chi connectivity index (χ1n) is 3.88. The Labute approximate surface area is 79.0 Å². The van der Waals surface area contributed by atoms with Crippen molar-refractivity contribution in [3.05, 3.63) is 35.6 Å². The van der Waals surface area contributed by atoms with Crippen LogP contribution < -0.4 is 0 Å². The third kappa shape index (κ3) is 1.12. The number of carboxylic acid groups (broad SMARTS) is 1. The van der Waals surface area contributed by atoms with Crippen molar-refractivity contribution in [3.8, 4) is 6.07 Å². The highest BCUT2D eigenvalue weighted by molar-refractivity contribution is 6.01. The number of benzene rings is 1. The quantitative estimate of drug-likeness (QED) is 0.740. The number of carbonyl (C=O) groups is 1. The average Bonchev–Trinajstić information content (AvgIpc) is 2.59. The summed E-state index contributed by atoms with van der Waals surface area (Å²) in [5, 5.41) is 18.0. The number of rotatable bonds is 1. The lowest BCUT2D eigenvalue weighted by Crippen LogP contribution is -1.95. The van der Waals surface area contributed by atoms with Crippen molar-refractivity contribution in [1.29, 1.82) is 5.26 Å². The van der Waals surface area contributed by atoms with Gasteiger partial charge in [-0.1, -0.05) is 12.1 Å². The molecule has 0 radical (unpaired) electrons. The van der Waals surface area contributed by atoms with Crippen molar-refractivity contribution >= 4 is 16.9 Å². The van der Waals surface area contributed by atoms with E-state index >= 15 is 0 Å². The molecular formula is C10H5NO3. The van der Waals surface area contributed by atoms with Crippen LogP contribution in [0.15, 0.2) is 28.7 Å². The minimum Gasteiger partial charge on any atom is -0.478 e. The monoisotopic (exact) mass is 187 g/mol. The molecule has 0 aliphatic heterocycles. The number of para-hydroxylation sites is 1. The van der Waals surface area contributed by atoms with Crippen molar-refractivity contribution in [2.75, 3.05) is 0 Å². The molecule has 14 heavy (non-hydrogen) atoms. The fourth-order valence-corrected chi connectivity index (χ4v) is 1.29. The molecule has 0 saturated carbocycles. The Bertz CT molecular complexity index is 548. The maximum Gasteiger partial charge on any atom is 0.339 e. The Hall–Kier alpha value is -2.28. The fourth-order valence-electron chi connectivity index (χ4n) is 1.29. The molecule has 68 valence electrons. The number of hydrogen-bond acceptors (Lipinski definition) is 3. The summed E-state index contributed by atoms with van der Waals surface area (Å²) in [7, 11) is 0. The molecule has 4 nitrogen and oxygen atoms in total. The summed E-state index contributed by atoms with van der Waals surface area (Å²) in [4.78, 5) is 10.8. The van der Waals surface area contributed by atoms with Crippen LogP contribution in [0.1, 0.15) is 16.1 Å². The predicted molar refractivity (Wildman–Crippen MR) is 47.9 cm³/mol. The molecule has 0 saturated heterocycles. The van der Waals surface area contributed by atoms with Crippen LogP contribution in [0, 0.1) is 11.3 Å². The van der Waals surface area contributed by atoms with Crippen molar-refractivity contribution in [2.45, 2.75) is 0 Å². The number of furan rings is 1. The Morgan fingerprint density at radius 2 is 2.29 bits per heavy atom. The smallest absolute Gasteiger partial charge is 0.339 e. The second kappa shape index (κ2) is 2.89. The second-order valence-electron chi connectivity index (χ2n) is 2.75. The van der Waals surface area contributed by atoms with E-state index in [0.29, 0.717) is 5.39 Å². The van der Waals surface area contributed by atoms with Gasteiger partial charge in [0.25, 0.3) is 0 Å². The molecule has 0 aliphatic rings. The van der Waals surface area contributed by atoms with E-state index in [0.717, 1.165) is 0 Å². The van der Waals surface area contributed by atoms with Crippen molar-refractivity contribution in [3.63, 3.8) is 0 Å². The molecule has 2 aromatic rings. The van der Waals surface area contributed by atoms with Crippen LogP contribution >= 0.6 is 0 Å². The average molecular weight is 187 g/mol. The first-order valence-corrected chi connectivity index (χ1v) is 3.88. The Balaban J connectivity index is 2.81. The SMILES string of the molecule is N#Cc1cc2cccc(C(=O)O)c2o1. The van der Waals surface area contributed by atoms with Crippen LogP contribution in [-0.4, -0.2) is 11.1 Å². The maximum absolute atomic E-state index is 10.8. The standard InChI is InChI=1S/C10H5NO3/c11-5-7-4-6-2-1-3-8(10(12)13)9(6)14-7/h1-4H,(H,12,13). The summed E-state index contributed by atoms with van der Waals surface area (Å²) >= 11 is 0. The van der Waals surface area contributed by atoms with Crippen LogP contribution in [0.2, 0.25) is 0 Å². The molecule has 1 heterocycles. The van der Waals surface area contributed by atoms with E-state index in [1.165, 1.54) is 12.1 Å². The number of hydrogen-bond donors (Lipinski definition) is 1. The minimum atomic E-state index is -1.06. The first kappa shape index (κ1) is 8.32. The van der Waals surface area contributed by atoms with E-state index < -0.39 is 5.97 Å². The summed E-state index contributed by atoms with van der Waals surface area (Å²) < 4.78 is 5.07. The molecule has 1 N–H and O–H groups in total. The van der Waals surface area contributed by atoms with E-state index in [-0.39, 0.29) is 16.9 Å². The van der Waals surface area contributed by atoms with Gasteiger partial charge in [-0.25, -0.2) is 4.79 Å². The molecule has 0 spiro atoms. The van der Waals surface area contributed by atoms with Crippen LogP contribution in [0.4, 0.5) is 0 Å². The van der Waals surface area contributed by atoms with Gasteiger partial charge in [0.2, 0.25) is 5.76 Å². The summed E-state index contributed by atoms with van der Waals surface area (Å²) in [5.74, 6) is -0.942. The van der Waals surface area contributed by atoms with E-state index in [2.05, 4.69) is 0 Å². The Morgan fingerprint density at radius 1 is 1.50 bits per heavy atom. The molecule has 0 atom stereocenters. The number of nitrogens with zero attached hydrogens (tertiary/aromatic N) is 1. The lowest BCUT2D eigenvalue weighted by atomic mass is 10.1. The minimum absolute atomic E-state index is 0.0731. The third-order valence-electron chi connectivity index (χ3n) is 1.88. The van der Waals surface area contributed by atoms with Crippen molar-refractivity contribution in [1.82, 2.24) is 0 Å². The molecule has 0 fully saturated rings. The topological polar surface area (TPSA) is 74.2 Å². The molecule has 1 aromatic heterocycles. The predicted octanol–water partition coefficient (Wildman–Crippen LogP) is 2.00. The van der Waals surface area contributed by atoms with Crippen LogP contribution in [0.3, 0.4) is 0 Å². The number of fused-ring (bicyclic) bond motifs is 1. The van der Waals surface area contributed by atoms with Gasteiger partial charge in [0.15, 0.2) is 0 Å². The number of carboxylic acids is 1. The lowest BCUT2D eigenvalue weighted by molar-refractivity contribution is 0.0698. The Morgan fingerprint density at radius 3 is 2.93 bits per heavy atom. The van der Waals surface area contributed by atoms with E-state index in [1.807, 2.05) is 6.07 Å². The van der Waals surface area contributed by atoms with Crippen LogP contribution in [0.5, 0.6) is 0 Å². The highest BCUT2D eigenvalue weighted by Crippen LogP contribution is 2.22. The van der Waals surface area contributed by atoms with Gasteiger partial charge in [0.05, 0.1) is 0 Å². The zero-order chi connectivity index (χ0) is 10.1. The largest absolute Gasteiger partial charge is 0.478 e. The van der Waals surface area contributed by atoms with Gasteiger partial charge in [-0.15, -0.1) is 0 Å². The summed E-state index contributed by atoms with van der Waals surface area (Å²) in [5.41, 5.74) is 0.320. The molecule has 2 rings (SSSR count). The second-order valence-corrected chi connectivity index (χ2v) is 2.75. The first-order chi connectivity index (χ1) is 6.72. The van der Waals surface area contributed by atoms with Gasteiger partial charge in [0, 0.05) is 11.5 Å². The Kier molecular flexibility index (Phi) is 1.72. The van der Waals surface area contributed by atoms with Gasteiger partial charge in [0.1, 0.15) is 17.2 Å². The van der Waals surface area contributed by atoms with E-state index in [9.17, 15) is 4.79 Å². The highest BCUT2D eigenvalue weighted by Gasteiger charge is 2.12. The normalized spacial score (nSPS) is 9.93. The van der Waals surface area contributed by atoms with Crippen molar-refractivity contribution in [2.24, 2.45) is 0 Å². The molecule has 4 heteroatoms. The lowest BCUT2D eigenvalue weighted by Gasteiger charge is -1.93. The van der Waals surface area contributed by atoms with Gasteiger partial charge in [-0.3, -0.25) is 0 Å².